The van der Waals surface area contributed by atoms with Gasteiger partial charge in [0.2, 0.25) is 0 Å². The molecule has 0 N–H and O–H groups in total. The molecule has 9 nitrogen and oxygen atoms in total. The first-order valence-corrected chi connectivity index (χ1v) is 8.82. The van der Waals surface area contributed by atoms with Gasteiger partial charge in [-0.3, -0.25) is 14.9 Å². The SMILES string of the molecule is CCCCOc1cc([N+](=O)[O-])c(C(=O)N2CCC[C@H]2C(=O)OC)cc1OC. The lowest BCUT2D eigenvalue weighted by molar-refractivity contribution is -0.385. The Morgan fingerprint density at radius 3 is 2.63 bits per heavy atom. The number of carbonyl (C=O) groups is 2. The molecule has 0 spiro atoms. The summed E-state index contributed by atoms with van der Waals surface area (Å²) in [5, 5.41) is 11.5. The van der Waals surface area contributed by atoms with E-state index in [4.69, 9.17) is 14.2 Å². The van der Waals surface area contributed by atoms with Crippen molar-refractivity contribution in [3.63, 3.8) is 0 Å². The van der Waals surface area contributed by atoms with Gasteiger partial charge in [-0.15, -0.1) is 0 Å². The number of ether oxygens (including phenoxy) is 3. The van der Waals surface area contributed by atoms with Crippen LogP contribution in [0.25, 0.3) is 0 Å². The molecule has 0 aliphatic carbocycles. The molecular weight excluding hydrogens is 356 g/mol. The Bertz CT molecular complexity index is 720. The van der Waals surface area contributed by atoms with Gasteiger partial charge < -0.3 is 19.1 Å². The highest BCUT2D eigenvalue weighted by Gasteiger charge is 2.38. The third-order valence-corrected chi connectivity index (χ3v) is 4.45. The van der Waals surface area contributed by atoms with Crippen LogP contribution in [-0.4, -0.2) is 55.1 Å². The minimum Gasteiger partial charge on any atom is -0.493 e. The van der Waals surface area contributed by atoms with Crippen LogP contribution in [0.2, 0.25) is 0 Å². The maximum absolute atomic E-state index is 13.0. The minimum atomic E-state index is -0.742. The number of nitrogens with zero attached hydrogens (tertiary/aromatic N) is 2. The van der Waals surface area contributed by atoms with Gasteiger partial charge >= 0.3 is 5.97 Å². The summed E-state index contributed by atoms with van der Waals surface area (Å²) >= 11 is 0. The molecule has 0 bridgehead atoms. The minimum absolute atomic E-state index is 0.143. The van der Waals surface area contributed by atoms with Crippen molar-refractivity contribution in [3.05, 3.63) is 27.8 Å². The van der Waals surface area contributed by atoms with Crippen LogP contribution in [0.1, 0.15) is 43.0 Å². The molecule has 1 heterocycles. The van der Waals surface area contributed by atoms with Crippen molar-refractivity contribution in [2.75, 3.05) is 27.4 Å². The molecule has 1 saturated heterocycles. The maximum Gasteiger partial charge on any atom is 0.328 e. The number of hydrogen-bond donors (Lipinski definition) is 0. The normalized spacial score (nSPS) is 16.1. The number of amides is 1. The van der Waals surface area contributed by atoms with E-state index in [1.807, 2.05) is 6.92 Å². The second-order valence-electron chi connectivity index (χ2n) is 6.16. The molecule has 2 rings (SSSR count). The maximum atomic E-state index is 13.0. The molecular formula is C18H24N2O7. The van der Waals surface area contributed by atoms with Crippen LogP contribution in [0.3, 0.4) is 0 Å². The number of benzene rings is 1. The lowest BCUT2D eigenvalue weighted by atomic mass is 10.1. The first-order valence-electron chi connectivity index (χ1n) is 8.82. The highest BCUT2D eigenvalue weighted by molar-refractivity contribution is 6.01. The molecule has 0 radical (unpaired) electrons. The van der Waals surface area contributed by atoms with Gasteiger partial charge in [0.15, 0.2) is 11.5 Å². The summed E-state index contributed by atoms with van der Waals surface area (Å²) in [5.41, 5.74) is -0.529. The van der Waals surface area contributed by atoms with E-state index in [0.717, 1.165) is 12.8 Å². The van der Waals surface area contributed by atoms with E-state index in [1.165, 1.54) is 31.3 Å². The van der Waals surface area contributed by atoms with E-state index in [0.29, 0.717) is 26.0 Å². The largest absolute Gasteiger partial charge is 0.493 e. The molecule has 1 atom stereocenters. The lowest BCUT2D eigenvalue weighted by Gasteiger charge is -2.23. The second-order valence-corrected chi connectivity index (χ2v) is 6.16. The monoisotopic (exact) mass is 380 g/mol. The molecule has 148 valence electrons. The Balaban J connectivity index is 2.40. The van der Waals surface area contributed by atoms with Crippen molar-refractivity contribution < 1.29 is 28.7 Å². The van der Waals surface area contributed by atoms with Gasteiger partial charge in [-0.05, 0) is 19.3 Å². The molecule has 1 amide bonds. The van der Waals surface area contributed by atoms with E-state index in [9.17, 15) is 19.7 Å². The molecule has 1 aromatic rings. The Morgan fingerprint density at radius 1 is 1.30 bits per heavy atom. The van der Waals surface area contributed by atoms with Gasteiger partial charge in [0.05, 0.1) is 31.8 Å². The number of rotatable bonds is 8. The van der Waals surface area contributed by atoms with Crippen LogP contribution in [0.4, 0.5) is 5.69 Å². The topological polar surface area (TPSA) is 108 Å². The molecule has 1 fully saturated rings. The zero-order valence-corrected chi connectivity index (χ0v) is 15.7. The van der Waals surface area contributed by atoms with E-state index in [1.54, 1.807) is 0 Å². The third kappa shape index (κ3) is 4.47. The summed E-state index contributed by atoms with van der Waals surface area (Å²) in [6.45, 7) is 2.71. The fourth-order valence-corrected chi connectivity index (χ4v) is 3.02. The lowest BCUT2D eigenvalue weighted by Crippen LogP contribution is -2.41. The summed E-state index contributed by atoms with van der Waals surface area (Å²) in [7, 11) is 2.65. The van der Waals surface area contributed by atoms with Crippen LogP contribution < -0.4 is 9.47 Å². The summed E-state index contributed by atoms with van der Waals surface area (Å²) in [6.07, 6.45) is 2.77. The van der Waals surface area contributed by atoms with E-state index in [2.05, 4.69) is 0 Å². The van der Waals surface area contributed by atoms with Crippen LogP contribution in [-0.2, 0) is 9.53 Å². The number of methoxy groups -OCH3 is 2. The van der Waals surface area contributed by atoms with Gasteiger partial charge in [-0.2, -0.15) is 0 Å². The summed E-state index contributed by atoms with van der Waals surface area (Å²) in [4.78, 5) is 37.1. The summed E-state index contributed by atoms with van der Waals surface area (Å²) < 4.78 is 15.6. The Hall–Kier alpha value is -2.84. The van der Waals surface area contributed by atoms with Crippen molar-refractivity contribution in [3.8, 4) is 11.5 Å². The van der Waals surface area contributed by atoms with Crippen molar-refractivity contribution in [1.82, 2.24) is 4.90 Å². The number of nitro groups is 1. The second kappa shape index (κ2) is 9.20. The van der Waals surface area contributed by atoms with Crippen LogP contribution in [0.5, 0.6) is 11.5 Å². The zero-order valence-electron chi connectivity index (χ0n) is 15.7. The summed E-state index contributed by atoms with van der Waals surface area (Å²) in [5.74, 6) is -0.697. The summed E-state index contributed by atoms with van der Waals surface area (Å²) in [6, 6.07) is 1.76. The number of carbonyl (C=O) groups excluding carboxylic acids is 2. The van der Waals surface area contributed by atoms with Gasteiger partial charge in [-0.25, -0.2) is 4.79 Å². The van der Waals surface area contributed by atoms with Crippen LogP contribution in [0.15, 0.2) is 12.1 Å². The smallest absolute Gasteiger partial charge is 0.328 e. The molecule has 1 aliphatic heterocycles. The predicted octanol–water partition coefficient (Wildman–Crippen LogP) is 2.56. The molecule has 0 unspecified atom stereocenters. The Labute approximate surface area is 157 Å². The Morgan fingerprint density at radius 2 is 2.04 bits per heavy atom. The number of unbranched alkanes of at least 4 members (excludes halogenated alkanes) is 1. The average Bonchev–Trinajstić information content (AvgIpc) is 3.16. The average molecular weight is 380 g/mol. The van der Waals surface area contributed by atoms with Crippen molar-refractivity contribution >= 4 is 17.6 Å². The highest BCUT2D eigenvalue weighted by Crippen LogP contribution is 2.36. The fourth-order valence-electron chi connectivity index (χ4n) is 3.02. The predicted molar refractivity (Wildman–Crippen MR) is 96.1 cm³/mol. The van der Waals surface area contributed by atoms with Crippen LogP contribution >= 0.6 is 0 Å². The molecule has 0 aromatic heterocycles. The number of likely N-dealkylation sites (tertiary alicyclic amines) is 1. The first-order chi connectivity index (χ1) is 12.9. The van der Waals surface area contributed by atoms with E-state index in [-0.39, 0.29) is 22.7 Å². The molecule has 1 aromatic carbocycles. The fraction of sp³-hybridized carbons (Fsp3) is 0.556. The van der Waals surface area contributed by atoms with Crippen LogP contribution in [0, 0.1) is 10.1 Å². The quantitative estimate of drug-likeness (QED) is 0.295. The molecule has 0 saturated carbocycles. The standard InChI is InChI=1S/C18H24N2O7/c1-4-5-9-27-16-11-14(20(23)24)12(10-15(16)25-2)17(21)19-8-6-7-13(19)18(22)26-3/h10-11,13H,4-9H2,1-3H3/t13-/m0/s1. The third-order valence-electron chi connectivity index (χ3n) is 4.45. The highest BCUT2D eigenvalue weighted by atomic mass is 16.6. The van der Waals surface area contributed by atoms with Crippen molar-refractivity contribution in [2.45, 2.75) is 38.6 Å². The molecule has 9 heteroatoms. The van der Waals surface area contributed by atoms with Crippen molar-refractivity contribution in [2.24, 2.45) is 0 Å². The molecule has 1 aliphatic rings. The number of esters is 1. The van der Waals surface area contributed by atoms with Gasteiger partial charge in [0, 0.05) is 12.6 Å². The van der Waals surface area contributed by atoms with Gasteiger partial charge in [-0.1, -0.05) is 13.3 Å². The van der Waals surface area contributed by atoms with Gasteiger partial charge in [0.1, 0.15) is 11.6 Å². The molecule has 27 heavy (non-hydrogen) atoms. The van der Waals surface area contributed by atoms with E-state index >= 15 is 0 Å². The number of nitro benzene ring substituents is 1. The Kier molecular flexibility index (Phi) is 6.98. The van der Waals surface area contributed by atoms with E-state index < -0.39 is 22.8 Å². The van der Waals surface area contributed by atoms with Crippen molar-refractivity contribution in [1.29, 1.82) is 0 Å². The zero-order chi connectivity index (χ0) is 20.0. The van der Waals surface area contributed by atoms with Gasteiger partial charge in [0.25, 0.3) is 11.6 Å². The number of hydrogen-bond acceptors (Lipinski definition) is 7. The first kappa shape index (κ1) is 20.5.